The van der Waals surface area contributed by atoms with Gasteiger partial charge in [-0.15, -0.1) is 0 Å². The Morgan fingerprint density at radius 3 is 2.14 bits per heavy atom. The maximum absolute atomic E-state index is 11.7. The molecule has 1 unspecified atom stereocenters. The average Bonchev–Trinajstić information content (AvgIpc) is 3.02. The van der Waals surface area contributed by atoms with Gasteiger partial charge in [-0.3, -0.25) is 9.36 Å². The summed E-state index contributed by atoms with van der Waals surface area (Å²) in [4.78, 5) is 20.9. The molecule has 0 aromatic carbocycles. The van der Waals surface area contributed by atoms with Gasteiger partial charge in [0.05, 0.1) is 6.16 Å². The molecule has 0 saturated carbocycles. The predicted molar refractivity (Wildman–Crippen MR) is 115 cm³/mol. The quantitative estimate of drug-likeness (QED) is 0.126. The van der Waals surface area contributed by atoms with Crippen molar-refractivity contribution in [2.75, 3.05) is 12.8 Å². The molecule has 1 saturated heterocycles. The summed E-state index contributed by atoms with van der Waals surface area (Å²) in [7, 11) is -3.41. The molecule has 0 radical (unpaired) electrons. The van der Waals surface area contributed by atoms with Crippen LogP contribution in [0.1, 0.15) is 103 Å². The number of carbonyl (C=O) groups excluding carboxylic acids is 1. The minimum absolute atomic E-state index is 0.0917. The molecule has 164 valence electrons. The number of esters is 1. The fraction of sp³-hybridized carbons (Fsp3) is 0.864. The van der Waals surface area contributed by atoms with Crippen LogP contribution in [0.2, 0.25) is 0 Å². The second-order valence-electron chi connectivity index (χ2n) is 7.89. The Hall–Kier alpha value is -0.640. The molecule has 1 fully saturated rings. The standard InChI is InChI=1S/C22H41O5P/c1-2-3-4-5-6-7-8-9-10-11-12-13-14-15-16-17-22(23)26-20-21-18-19-28(24,25)27-21/h9-10,21H,2-8,11-20H2,1H3,(H,24,25)/b10-9-/t21-/m0/s1. The lowest BCUT2D eigenvalue weighted by Gasteiger charge is -2.10. The molecule has 1 aliphatic heterocycles. The van der Waals surface area contributed by atoms with Crippen molar-refractivity contribution in [3.05, 3.63) is 12.2 Å². The summed E-state index contributed by atoms with van der Waals surface area (Å²) in [5, 5.41) is 0. The van der Waals surface area contributed by atoms with Crippen LogP contribution in [0.15, 0.2) is 12.2 Å². The third-order valence-corrected chi connectivity index (χ3v) is 6.57. The van der Waals surface area contributed by atoms with Crippen molar-refractivity contribution >= 4 is 13.6 Å². The minimum Gasteiger partial charge on any atom is -0.463 e. The number of hydrogen-bond acceptors (Lipinski definition) is 4. The van der Waals surface area contributed by atoms with Crippen LogP contribution >= 0.6 is 7.60 Å². The molecule has 1 N–H and O–H groups in total. The molecule has 0 amide bonds. The van der Waals surface area contributed by atoms with Gasteiger partial charge < -0.3 is 14.2 Å². The van der Waals surface area contributed by atoms with E-state index in [1.165, 1.54) is 57.8 Å². The molecule has 1 rings (SSSR count). The lowest BCUT2D eigenvalue weighted by atomic mass is 10.1. The van der Waals surface area contributed by atoms with E-state index in [0.29, 0.717) is 12.8 Å². The van der Waals surface area contributed by atoms with Gasteiger partial charge in [0.25, 0.3) is 0 Å². The summed E-state index contributed by atoms with van der Waals surface area (Å²) in [6, 6.07) is 0. The monoisotopic (exact) mass is 416 g/mol. The summed E-state index contributed by atoms with van der Waals surface area (Å²) in [6.45, 7) is 2.35. The summed E-state index contributed by atoms with van der Waals surface area (Å²) < 4.78 is 21.4. The van der Waals surface area contributed by atoms with E-state index in [1.807, 2.05) is 0 Å². The van der Waals surface area contributed by atoms with Gasteiger partial charge in [0.1, 0.15) is 12.7 Å². The van der Waals surface area contributed by atoms with Gasteiger partial charge in [0.15, 0.2) is 0 Å². The molecule has 5 nitrogen and oxygen atoms in total. The van der Waals surface area contributed by atoms with E-state index in [4.69, 9.17) is 9.26 Å². The van der Waals surface area contributed by atoms with Crippen LogP contribution in [0.3, 0.4) is 0 Å². The van der Waals surface area contributed by atoms with Gasteiger partial charge in [0, 0.05) is 6.42 Å². The summed E-state index contributed by atoms with van der Waals surface area (Å²) >= 11 is 0. The van der Waals surface area contributed by atoms with Crippen LogP contribution in [0.5, 0.6) is 0 Å². The number of carbonyl (C=O) groups is 1. The van der Waals surface area contributed by atoms with Crippen molar-refractivity contribution < 1.29 is 23.5 Å². The first-order valence-corrected chi connectivity index (χ1v) is 13.1. The number of allylic oxidation sites excluding steroid dienone is 2. The van der Waals surface area contributed by atoms with Crippen molar-refractivity contribution in [3.8, 4) is 0 Å². The molecule has 0 spiro atoms. The van der Waals surface area contributed by atoms with Crippen molar-refractivity contribution in [2.45, 2.75) is 109 Å². The van der Waals surface area contributed by atoms with E-state index in [-0.39, 0.29) is 18.7 Å². The lowest BCUT2D eigenvalue weighted by molar-refractivity contribution is -0.146. The molecule has 28 heavy (non-hydrogen) atoms. The van der Waals surface area contributed by atoms with Crippen molar-refractivity contribution in [1.82, 2.24) is 0 Å². The van der Waals surface area contributed by atoms with Gasteiger partial charge in [-0.05, 0) is 38.5 Å². The van der Waals surface area contributed by atoms with Gasteiger partial charge in [-0.1, -0.05) is 70.4 Å². The zero-order chi connectivity index (χ0) is 20.5. The number of hydrogen-bond donors (Lipinski definition) is 1. The second-order valence-corrected chi connectivity index (χ2v) is 9.83. The van der Waals surface area contributed by atoms with Gasteiger partial charge >= 0.3 is 13.6 Å². The molecular formula is C22H41O5P. The minimum atomic E-state index is -3.41. The molecular weight excluding hydrogens is 375 g/mol. The van der Waals surface area contributed by atoms with Crippen LogP contribution < -0.4 is 0 Å². The van der Waals surface area contributed by atoms with Crippen LogP contribution in [0.25, 0.3) is 0 Å². The third-order valence-electron chi connectivity index (χ3n) is 5.12. The summed E-state index contributed by atoms with van der Waals surface area (Å²) in [5.74, 6) is -0.235. The van der Waals surface area contributed by atoms with Crippen LogP contribution in [0.4, 0.5) is 0 Å². The van der Waals surface area contributed by atoms with E-state index < -0.39 is 13.7 Å². The highest BCUT2D eigenvalue weighted by atomic mass is 31.2. The zero-order valence-corrected chi connectivity index (χ0v) is 18.7. The Kier molecular flexibility index (Phi) is 14.7. The molecule has 2 atom stereocenters. The first-order valence-electron chi connectivity index (χ1n) is 11.3. The van der Waals surface area contributed by atoms with Crippen molar-refractivity contribution in [1.29, 1.82) is 0 Å². The Labute approximate surface area is 171 Å². The first kappa shape index (κ1) is 25.4. The molecule has 6 heteroatoms. The molecule has 0 aromatic rings. The Balaban J connectivity index is 1.81. The molecule has 0 aromatic heterocycles. The van der Waals surface area contributed by atoms with Gasteiger partial charge in [0.2, 0.25) is 0 Å². The highest BCUT2D eigenvalue weighted by Gasteiger charge is 2.33. The first-order chi connectivity index (χ1) is 13.5. The highest BCUT2D eigenvalue weighted by Crippen LogP contribution is 2.50. The predicted octanol–water partition coefficient (Wildman–Crippen LogP) is 6.54. The summed E-state index contributed by atoms with van der Waals surface area (Å²) in [5.41, 5.74) is 0. The normalized spacial score (nSPS) is 22.1. The zero-order valence-electron chi connectivity index (χ0n) is 17.8. The number of unbranched alkanes of at least 4 members (excludes halogenated alkanes) is 11. The van der Waals surface area contributed by atoms with Crippen LogP contribution in [-0.2, 0) is 18.6 Å². The van der Waals surface area contributed by atoms with Crippen molar-refractivity contribution in [3.63, 3.8) is 0 Å². The molecule has 1 aliphatic rings. The Bertz CT molecular complexity index is 478. The van der Waals surface area contributed by atoms with E-state index in [2.05, 4.69) is 19.1 Å². The fourth-order valence-corrected chi connectivity index (χ4v) is 4.71. The maximum atomic E-state index is 11.7. The molecule has 1 heterocycles. The molecule has 0 bridgehead atoms. The number of ether oxygens (including phenoxy) is 1. The van der Waals surface area contributed by atoms with E-state index in [1.54, 1.807) is 0 Å². The van der Waals surface area contributed by atoms with Gasteiger partial charge in [-0.25, -0.2) is 0 Å². The topological polar surface area (TPSA) is 72.8 Å². The maximum Gasteiger partial charge on any atom is 0.328 e. The third kappa shape index (κ3) is 14.4. The Morgan fingerprint density at radius 2 is 1.57 bits per heavy atom. The second kappa shape index (κ2) is 16.2. The Morgan fingerprint density at radius 1 is 1.00 bits per heavy atom. The van der Waals surface area contributed by atoms with Crippen LogP contribution in [0, 0.1) is 0 Å². The average molecular weight is 417 g/mol. The lowest BCUT2D eigenvalue weighted by Crippen LogP contribution is -2.17. The SMILES string of the molecule is CCCCCCCC/C=C\CCCCCCCC(=O)OC[C@@H]1CCP(=O)(O)O1. The van der Waals surface area contributed by atoms with Crippen molar-refractivity contribution in [2.24, 2.45) is 0 Å². The fourth-order valence-electron chi connectivity index (χ4n) is 3.36. The van der Waals surface area contributed by atoms with Gasteiger partial charge in [-0.2, -0.15) is 0 Å². The van der Waals surface area contributed by atoms with E-state index >= 15 is 0 Å². The highest BCUT2D eigenvalue weighted by molar-refractivity contribution is 7.53. The van der Waals surface area contributed by atoms with E-state index in [9.17, 15) is 14.3 Å². The largest absolute Gasteiger partial charge is 0.463 e. The van der Waals surface area contributed by atoms with E-state index in [0.717, 1.165) is 25.7 Å². The smallest absolute Gasteiger partial charge is 0.328 e. The summed E-state index contributed by atoms with van der Waals surface area (Å²) in [6.07, 6.45) is 21.3. The van der Waals surface area contributed by atoms with Crippen LogP contribution in [-0.4, -0.2) is 29.7 Å². The number of rotatable bonds is 17. The molecule has 0 aliphatic carbocycles.